The number of hydrogen-bond donors (Lipinski definition) is 5. The molecule has 5 N–H and O–H groups in total. The van der Waals surface area contributed by atoms with E-state index in [1.165, 1.54) is 0 Å². The lowest BCUT2D eigenvalue weighted by Gasteiger charge is -2.21. The molecule has 0 radical (unpaired) electrons. The number of carbonyl (C=O) groups is 4. The van der Waals surface area contributed by atoms with Crippen LogP contribution in [0.15, 0.2) is 0 Å². The fourth-order valence-electron chi connectivity index (χ4n) is 2.19. The maximum atomic E-state index is 11.8. The van der Waals surface area contributed by atoms with Gasteiger partial charge >= 0.3 is 5.97 Å². The number of phenols is 3. The largest absolute Gasteiger partial charge is 0.507 e. The molecule has 9 heteroatoms. The van der Waals surface area contributed by atoms with E-state index in [4.69, 9.17) is 5.11 Å². The van der Waals surface area contributed by atoms with Gasteiger partial charge in [-0.15, -0.1) is 0 Å². The van der Waals surface area contributed by atoms with Crippen molar-refractivity contribution in [3.05, 3.63) is 16.7 Å². The van der Waals surface area contributed by atoms with Crippen molar-refractivity contribution >= 4 is 23.3 Å². The van der Waals surface area contributed by atoms with Gasteiger partial charge in [-0.3, -0.25) is 19.2 Å². The molecule has 1 aromatic carbocycles. The van der Waals surface area contributed by atoms with Crippen molar-refractivity contribution in [3.8, 4) is 17.2 Å². The fraction of sp³-hybridized carbons (Fsp3) is 0.231. The number of ketones is 3. The van der Waals surface area contributed by atoms with E-state index < -0.39 is 76.2 Å². The van der Waals surface area contributed by atoms with Crippen molar-refractivity contribution in [1.82, 2.24) is 0 Å². The average Bonchev–Trinajstić information content (AvgIpc) is 2.46. The first-order valence-corrected chi connectivity index (χ1v) is 6.00. The minimum absolute atomic E-state index is 0.452. The van der Waals surface area contributed by atoms with Crippen LogP contribution in [0, 0.1) is 0 Å². The molecule has 1 aromatic rings. The lowest BCUT2D eigenvalue weighted by molar-refractivity contribution is -0.137. The lowest BCUT2D eigenvalue weighted by Crippen LogP contribution is -2.41. The van der Waals surface area contributed by atoms with E-state index >= 15 is 0 Å². The Bertz CT molecular complexity index is 732. The van der Waals surface area contributed by atoms with Crippen LogP contribution in [-0.2, 0) is 16.0 Å². The van der Waals surface area contributed by atoms with Crippen LogP contribution in [0.2, 0.25) is 0 Å². The normalized spacial score (nSPS) is 17.5. The van der Waals surface area contributed by atoms with Crippen molar-refractivity contribution in [2.24, 2.45) is 0 Å². The third kappa shape index (κ3) is 2.07. The first-order valence-electron chi connectivity index (χ1n) is 6.00. The summed E-state index contributed by atoms with van der Waals surface area (Å²) in [5, 5.41) is 47.5. The van der Waals surface area contributed by atoms with Gasteiger partial charge in [0.1, 0.15) is 5.75 Å². The number of benzene rings is 1. The Morgan fingerprint density at radius 1 is 0.909 bits per heavy atom. The number of carbonyl (C=O) groups excluding carboxylic acids is 3. The predicted octanol–water partition coefficient (Wildman–Crippen LogP) is -0.870. The molecule has 0 aliphatic heterocycles. The molecule has 0 aromatic heterocycles. The Morgan fingerprint density at radius 3 is 2.05 bits per heavy atom. The van der Waals surface area contributed by atoms with Crippen LogP contribution in [0.3, 0.4) is 0 Å². The highest BCUT2D eigenvalue weighted by molar-refractivity contribution is 6.53. The average molecular weight is 310 g/mol. The SMILES string of the molecule is O=C(O)CCc1c(O)c(O)c2c(c1O)C(=O)C(=O)C(O)C2=O. The van der Waals surface area contributed by atoms with Gasteiger partial charge in [0.25, 0.3) is 0 Å². The fourth-order valence-corrected chi connectivity index (χ4v) is 2.19. The first kappa shape index (κ1) is 15.4. The van der Waals surface area contributed by atoms with Crippen molar-refractivity contribution in [2.45, 2.75) is 18.9 Å². The van der Waals surface area contributed by atoms with Crippen LogP contribution in [0.25, 0.3) is 0 Å². The number of rotatable bonds is 3. The Balaban J connectivity index is 2.73. The zero-order valence-electron chi connectivity index (χ0n) is 10.9. The molecule has 0 heterocycles. The van der Waals surface area contributed by atoms with Crippen LogP contribution in [0.4, 0.5) is 0 Å². The molecule has 1 unspecified atom stereocenters. The maximum Gasteiger partial charge on any atom is 0.303 e. The molecule has 0 amide bonds. The second kappa shape index (κ2) is 5.11. The molecule has 9 nitrogen and oxygen atoms in total. The van der Waals surface area contributed by atoms with Crippen molar-refractivity contribution in [1.29, 1.82) is 0 Å². The van der Waals surface area contributed by atoms with Crippen LogP contribution in [0.5, 0.6) is 17.2 Å². The number of aromatic hydroxyl groups is 3. The van der Waals surface area contributed by atoms with Gasteiger partial charge in [0.05, 0.1) is 11.1 Å². The standard InChI is InChI=1S/C13H10O9/c14-4(15)2-1-3-7(16)5-6(9(18)8(3)17)11(20)13(22)12(21)10(5)19/h13,16-18,22H,1-2H2,(H,14,15). The van der Waals surface area contributed by atoms with E-state index in [0.717, 1.165) is 0 Å². The number of carboxylic acid groups (broad SMARTS) is 1. The van der Waals surface area contributed by atoms with Gasteiger partial charge in [-0.25, -0.2) is 0 Å². The smallest absolute Gasteiger partial charge is 0.303 e. The predicted molar refractivity (Wildman–Crippen MR) is 67.1 cm³/mol. The van der Waals surface area contributed by atoms with Gasteiger partial charge in [0, 0.05) is 12.0 Å². The molecule has 0 fully saturated rings. The van der Waals surface area contributed by atoms with Crippen LogP contribution in [0.1, 0.15) is 32.7 Å². The zero-order valence-corrected chi connectivity index (χ0v) is 10.9. The molecule has 1 aliphatic rings. The molecular formula is C13H10O9. The van der Waals surface area contributed by atoms with Crippen molar-refractivity contribution < 1.29 is 44.7 Å². The summed E-state index contributed by atoms with van der Waals surface area (Å²) in [5.41, 5.74) is -2.20. The molecule has 1 aliphatic carbocycles. The molecule has 0 bridgehead atoms. The van der Waals surface area contributed by atoms with E-state index in [-0.39, 0.29) is 0 Å². The summed E-state index contributed by atoms with van der Waals surface area (Å²) in [6, 6.07) is 0. The zero-order chi connectivity index (χ0) is 16.8. The Kier molecular flexibility index (Phi) is 3.59. The van der Waals surface area contributed by atoms with E-state index in [1.54, 1.807) is 0 Å². The van der Waals surface area contributed by atoms with E-state index in [1.807, 2.05) is 0 Å². The van der Waals surface area contributed by atoms with Gasteiger partial charge in [-0.2, -0.15) is 0 Å². The van der Waals surface area contributed by atoms with Crippen molar-refractivity contribution in [2.75, 3.05) is 0 Å². The summed E-state index contributed by atoms with van der Waals surface area (Å²) in [6.07, 6.45) is -3.32. The Morgan fingerprint density at radius 2 is 1.50 bits per heavy atom. The highest BCUT2D eigenvalue weighted by atomic mass is 16.4. The molecule has 2 rings (SSSR count). The minimum atomic E-state index is -2.32. The number of phenolic OH excluding ortho intramolecular Hbond substituents is 3. The number of carboxylic acids is 1. The second-order valence-electron chi connectivity index (χ2n) is 4.63. The lowest BCUT2D eigenvalue weighted by atomic mass is 9.83. The second-order valence-corrected chi connectivity index (χ2v) is 4.63. The van der Waals surface area contributed by atoms with Crippen molar-refractivity contribution in [3.63, 3.8) is 0 Å². The van der Waals surface area contributed by atoms with Gasteiger partial charge in [-0.1, -0.05) is 0 Å². The monoisotopic (exact) mass is 310 g/mol. The molecule has 0 saturated carbocycles. The summed E-state index contributed by atoms with van der Waals surface area (Å²) in [5.74, 6) is -8.56. The van der Waals surface area contributed by atoms with Gasteiger partial charge in [0.15, 0.2) is 17.6 Å². The van der Waals surface area contributed by atoms with E-state index in [0.29, 0.717) is 0 Å². The van der Waals surface area contributed by atoms with E-state index in [9.17, 15) is 39.6 Å². The highest BCUT2D eigenvalue weighted by Crippen LogP contribution is 2.45. The quantitative estimate of drug-likeness (QED) is 0.206. The van der Waals surface area contributed by atoms with Gasteiger partial charge in [0.2, 0.25) is 17.3 Å². The first-order chi connectivity index (χ1) is 10.2. The minimum Gasteiger partial charge on any atom is -0.507 e. The summed E-state index contributed by atoms with van der Waals surface area (Å²) in [4.78, 5) is 45.6. The Hall–Kier alpha value is -2.94. The number of aliphatic hydroxyl groups is 1. The van der Waals surface area contributed by atoms with E-state index in [2.05, 4.69) is 0 Å². The topological polar surface area (TPSA) is 169 Å². The number of aliphatic hydroxyl groups excluding tert-OH is 1. The summed E-state index contributed by atoms with van der Waals surface area (Å²) in [7, 11) is 0. The molecule has 1 atom stereocenters. The van der Waals surface area contributed by atoms with Gasteiger partial charge in [-0.05, 0) is 6.42 Å². The summed E-state index contributed by atoms with van der Waals surface area (Å²) < 4.78 is 0. The number of aliphatic carboxylic acids is 1. The number of hydrogen-bond acceptors (Lipinski definition) is 8. The molecule has 22 heavy (non-hydrogen) atoms. The molecule has 0 spiro atoms. The number of Topliss-reactive ketones (excluding diaryl/α,β-unsaturated/α-hetero) is 3. The van der Waals surface area contributed by atoms with Crippen LogP contribution in [-0.4, -0.2) is 55.0 Å². The third-order valence-corrected chi connectivity index (χ3v) is 3.30. The summed E-state index contributed by atoms with van der Waals surface area (Å²) in [6.45, 7) is 0. The van der Waals surface area contributed by atoms with Crippen LogP contribution >= 0.6 is 0 Å². The molecule has 116 valence electrons. The number of fused-ring (bicyclic) bond motifs is 1. The molecule has 0 saturated heterocycles. The Labute approximate surface area is 122 Å². The van der Waals surface area contributed by atoms with Crippen LogP contribution < -0.4 is 0 Å². The maximum absolute atomic E-state index is 11.8. The third-order valence-electron chi connectivity index (χ3n) is 3.30. The highest BCUT2D eigenvalue weighted by Gasteiger charge is 2.44. The summed E-state index contributed by atoms with van der Waals surface area (Å²) >= 11 is 0. The molecular weight excluding hydrogens is 300 g/mol. The van der Waals surface area contributed by atoms with Gasteiger partial charge < -0.3 is 25.5 Å².